The molecule has 0 aliphatic heterocycles. The van der Waals surface area contributed by atoms with Gasteiger partial charge in [0.05, 0.1) is 6.61 Å². The summed E-state index contributed by atoms with van der Waals surface area (Å²) < 4.78 is 17.5. The molecule has 66 heavy (non-hydrogen) atoms. The molecule has 5 nitrogen and oxygen atoms in total. The van der Waals surface area contributed by atoms with Gasteiger partial charge in [0.1, 0.15) is 6.61 Å². The molecular weight excluding hydrogens is 813 g/mol. The zero-order valence-corrected chi connectivity index (χ0v) is 44.2. The second-order valence-electron chi connectivity index (χ2n) is 19.2. The van der Waals surface area contributed by atoms with Crippen LogP contribution in [-0.4, -0.2) is 37.9 Å². The number of carbonyl (C=O) groups is 2. The lowest BCUT2D eigenvalue weighted by molar-refractivity contribution is -0.163. The maximum Gasteiger partial charge on any atom is 0.306 e. The molecule has 0 aromatic carbocycles. The van der Waals surface area contributed by atoms with Crippen molar-refractivity contribution in [3.05, 3.63) is 60.8 Å². The maximum atomic E-state index is 12.9. The minimum atomic E-state index is -0.550. The van der Waals surface area contributed by atoms with E-state index in [4.69, 9.17) is 14.2 Å². The summed E-state index contributed by atoms with van der Waals surface area (Å²) in [6.45, 7) is 7.73. The zero-order chi connectivity index (χ0) is 47.7. The van der Waals surface area contributed by atoms with Crippen molar-refractivity contribution in [2.24, 2.45) is 0 Å². The fraction of sp³-hybridized carbons (Fsp3) is 0.803. The van der Waals surface area contributed by atoms with E-state index in [1.54, 1.807) is 0 Å². The number of esters is 2. The van der Waals surface area contributed by atoms with E-state index in [1.165, 1.54) is 173 Å². The van der Waals surface area contributed by atoms with Gasteiger partial charge in [-0.25, -0.2) is 0 Å². The minimum Gasteiger partial charge on any atom is -0.462 e. The van der Waals surface area contributed by atoms with Gasteiger partial charge in [-0.05, 0) is 83.5 Å². The van der Waals surface area contributed by atoms with E-state index in [-0.39, 0.29) is 25.2 Å². The first-order chi connectivity index (χ1) is 32.6. The van der Waals surface area contributed by atoms with Crippen molar-refractivity contribution in [1.29, 1.82) is 0 Å². The average molecular weight is 924 g/mol. The Labute approximate surface area is 411 Å². The quantitative estimate of drug-likeness (QED) is 0.0346. The van der Waals surface area contributed by atoms with Crippen LogP contribution >= 0.6 is 0 Å². The van der Waals surface area contributed by atoms with Crippen molar-refractivity contribution in [2.45, 2.75) is 297 Å². The zero-order valence-electron chi connectivity index (χ0n) is 44.2. The van der Waals surface area contributed by atoms with E-state index in [1.807, 2.05) is 0 Å². The molecule has 0 rings (SSSR count). The number of unbranched alkanes of at least 4 members (excludes halogenated alkanes) is 32. The van der Waals surface area contributed by atoms with Gasteiger partial charge >= 0.3 is 11.9 Å². The van der Waals surface area contributed by atoms with Crippen LogP contribution in [0.3, 0.4) is 0 Å². The predicted molar refractivity (Wildman–Crippen MR) is 288 cm³/mol. The normalized spacial score (nSPS) is 12.6. The van der Waals surface area contributed by atoms with Crippen LogP contribution in [0.25, 0.3) is 0 Å². The topological polar surface area (TPSA) is 61.8 Å². The largest absolute Gasteiger partial charge is 0.462 e. The first kappa shape index (κ1) is 63.6. The third-order valence-corrected chi connectivity index (χ3v) is 12.5. The summed E-state index contributed by atoms with van der Waals surface area (Å²) in [7, 11) is 0. The van der Waals surface area contributed by atoms with Gasteiger partial charge in [-0.1, -0.05) is 255 Å². The first-order valence-corrected chi connectivity index (χ1v) is 28.8. The molecule has 0 aromatic rings. The molecule has 0 saturated carbocycles. The molecule has 0 spiro atoms. The molecular formula is C61H110O5. The number of ether oxygens (including phenoxy) is 3. The summed E-state index contributed by atoms with van der Waals surface area (Å²) in [5, 5.41) is 0. The molecule has 0 saturated heterocycles. The van der Waals surface area contributed by atoms with Gasteiger partial charge in [0.2, 0.25) is 0 Å². The van der Waals surface area contributed by atoms with E-state index in [0.29, 0.717) is 19.4 Å². The number of hydrogen-bond acceptors (Lipinski definition) is 5. The standard InChI is InChI=1S/C61H110O5/c1-4-7-10-13-16-19-22-25-28-31-33-36-39-42-45-48-51-54-60(62)65-58-59(57-64-56-53-50-47-44-41-38-35-30-27-24-21-18-15-12-9-6-3)66-61(63)55-52-49-46-43-40-37-34-32-29-26-23-20-17-14-11-8-5-2/h8,11,17,20,25-26,28-29,34,37,59H,4-7,9-10,12-16,18-19,21-24,27,30-33,35-36,38-58H2,1-3H3/b11-8-,20-17-,28-25-,29-26-,37-34-/t59-/m1/s1. The Kier molecular flexibility index (Phi) is 54.9. The Bertz CT molecular complexity index is 1130. The number of hydrogen-bond donors (Lipinski definition) is 0. The maximum absolute atomic E-state index is 12.9. The van der Waals surface area contributed by atoms with Crippen LogP contribution in [0, 0.1) is 0 Å². The van der Waals surface area contributed by atoms with Gasteiger partial charge in [0.25, 0.3) is 0 Å². The third kappa shape index (κ3) is 54.2. The summed E-state index contributed by atoms with van der Waals surface area (Å²) in [4.78, 5) is 25.5. The van der Waals surface area contributed by atoms with E-state index in [0.717, 1.165) is 83.5 Å². The third-order valence-electron chi connectivity index (χ3n) is 12.5. The highest BCUT2D eigenvalue weighted by Crippen LogP contribution is 2.16. The molecule has 0 fully saturated rings. The van der Waals surface area contributed by atoms with Crippen molar-refractivity contribution in [3.63, 3.8) is 0 Å². The Balaban J connectivity index is 4.30. The molecule has 0 heterocycles. The Morgan fingerprint density at radius 2 is 0.682 bits per heavy atom. The monoisotopic (exact) mass is 923 g/mol. The molecule has 0 bridgehead atoms. The average Bonchev–Trinajstić information content (AvgIpc) is 3.32. The van der Waals surface area contributed by atoms with Crippen LogP contribution in [-0.2, 0) is 23.8 Å². The van der Waals surface area contributed by atoms with E-state index in [2.05, 4.69) is 81.5 Å². The fourth-order valence-corrected chi connectivity index (χ4v) is 8.26. The van der Waals surface area contributed by atoms with Crippen molar-refractivity contribution in [1.82, 2.24) is 0 Å². The number of rotatable bonds is 53. The second-order valence-corrected chi connectivity index (χ2v) is 19.2. The van der Waals surface area contributed by atoms with Crippen molar-refractivity contribution in [2.75, 3.05) is 19.8 Å². The molecule has 0 aliphatic rings. The van der Waals surface area contributed by atoms with Crippen LogP contribution in [0.4, 0.5) is 0 Å². The highest BCUT2D eigenvalue weighted by Gasteiger charge is 2.17. The van der Waals surface area contributed by atoms with Crippen LogP contribution in [0.5, 0.6) is 0 Å². The molecule has 0 unspecified atom stereocenters. The predicted octanol–water partition coefficient (Wildman–Crippen LogP) is 19.7. The first-order valence-electron chi connectivity index (χ1n) is 28.8. The molecule has 0 N–H and O–H groups in total. The summed E-state index contributed by atoms with van der Waals surface area (Å²) in [5.74, 6) is -0.417. The lowest BCUT2D eigenvalue weighted by Gasteiger charge is -2.18. The van der Waals surface area contributed by atoms with Gasteiger partial charge < -0.3 is 14.2 Å². The lowest BCUT2D eigenvalue weighted by atomic mass is 10.0. The number of allylic oxidation sites excluding steroid dienone is 10. The Hall–Kier alpha value is -2.40. The molecule has 0 amide bonds. The molecule has 0 aliphatic carbocycles. The molecule has 384 valence electrons. The molecule has 5 heteroatoms. The number of carbonyl (C=O) groups excluding carboxylic acids is 2. The van der Waals surface area contributed by atoms with E-state index in [9.17, 15) is 9.59 Å². The van der Waals surface area contributed by atoms with Crippen LogP contribution < -0.4 is 0 Å². The molecule has 0 aromatic heterocycles. The highest BCUT2D eigenvalue weighted by molar-refractivity contribution is 5.70. The SMILES string of the molecule is CC/C=C\C/C=C\C/C=C\C/C=C\CCCCCCC(=O)O[C@H](COCCCCCCCCCCCCCCCCCC)COC(=O)CCCCCCCCC/C=C\CCCCCCCC. The van der Waals surface area contributed by atoms with Crippen molar-refractivity contribution in [3.8, 4) is 0 Å². The van der Waals surface area contributed by atoms with Gasteiger partial charge in [-0.3, -0.25) is 9.59 Å². The van der Waals surface area contributed by atoms with Crippen LogP contribution in [0.2, 0.25) is 0 Å². The lowest BCUT2D eigenvalue weighted by Crippen LogP contribution is -2.30. The van der Waals surface area contributed by atoms with Gasteiger partial charge in [0.15, 0.2) is 6.10 Å². The van der Waals surface area contributed by atoms with E-state index < -0.39 is 6.10 Å². The van der Waals surface area contributed by atoms with Crippen molar-refractivity contribution < 1.29 is 23.8 Å². The smallest absolute Gasteiger partial charge is 0.306 e. The second kappa shape index (κ2) is 56.9. The Morgan fingerprint density at radius 3 is 1.11 bits per heavy atom. The summed E-state index contributed by atoms with van der Waals surface area (Å²) in [5.41, 5.74) is 0. The highest BCUT2D eigenvalue weighted by atomic mass is 16.6. The summed E-state index contributed by atoms with van der Waals surface area (Å²) >= 11 is 0. The van der Waals surface area contributed by atoms with Crippen LogP contribution in [0.15, 0.2) is 60.8 Å². The van der Waals surface area contributed by atoms with Gasteiger partial charge in [-0.15, -0.1) is 0 Å². The molecule has 1 atom stereocenters. The van der Waals surface area contributed by atoms with Gasteiger partial charge in [0, 0.05) is 19.4 Å². The van der Waals surface area contributed by atoms with Crippen LogP contribution in [0.1, 0.15) is 290 Å². The fourth-order valence-electron chi connectivity index (χ4n) is 8.26. The summed E-state index contributed by atoms with van der Waals surface area (Å²) in [6.07, 6.45) is 72.4. The summed E-state index contributed by atoms with van der Waals surface area (Å²) in [6, 6.07) is 0. The molecule has 0 radical (unpaired) electrons. The van der Waals surface area contributed by atoms with Gasteiger partial charge in [-0.2, -0.15) is 0 Å². The minimum absolute atomic E-state index is 0.0752. The Morgan fingerprint density at radius 1 is 0.348 bits per heavy atom. The van der Waals surface area contributed by atoms with Crippen molar-refractivity contribution >= 4 is 11.9 Å². The van der Waals surface area contributed by atoms with E-state index >= 15 is 0 Å².